The van der Waals surface area contributed by atoms with Gasteiger partial charge in [-0.05, 0) is 0 Å². The number of ether oxygens (including phenoxy) is 19. The number of nitrogens with one attached hydrogen (secondary N) is 4. The van der Waals surface area contributed by atoms with Gasteiger partial charge in [0, 0.05) is 27.7 Å². The maximum Gasteiger partial charge on any atom is 0.217 e. The van der Waals surface area contributed by atoms with Crippen LogP contribution in [0.25, 0.3) is 0 Å². The zero-order chi connectivity index (χ0) is 90.5. The lowest BCUT2D eigenvalue weighted by atomic mass is 9.93. The van der Waals surface area contributed by atoms with Gasteiger partial charge in [0.15, 0.2) is 62.9 Å². The smallest absolute Gasteiger partial charge is 0.217 e. The van der Waals surface area contributed by atoms with E-state index in [1.807, 2.05) is 0 Å². The van der Waals surface area contributed by atoms with E-state index in [9.17, 15) is 162 Å². The fourth-order valence-corrected chi connectivity index (χ4v) is 15.9. The van der Waals surface area contributed by atoms with E-state index in [1.165, 1.54) is 0 Å². The molecule has 4 amide bonds. The van der Waals surface area contributed by atoms with Gasteiger partial charge in [-0.15, -0.1) is 0 Å². The van der Waals surface area contributed by atoms with Crippen molar-refractivity contribution >= 4 is 23.6 Å². The van der Waals surface area contributed by atoms with Gasteiger partial charge in [0.2, 0.25) is 23.6 Å². The molecule has 10 fully saturated rings. The van der Waals surface area contributed by atoms with Gasteiger partial charge in [-0.2, -0.15) is 0 Å². The van der Waals surface area contributed by atoms with Gasteiger partial charge >= 0.3 is 0 Å². The molecule has 0 aromatic carbocycles. The molecule has 10 aliphatic rings. The second kappa shape index (κ2) is 44.3. The second-order valence-electron chi connectivity index (χ2n) is 31.0. The molecule has 10 rings (SSSR count). The Morgan fingerprint density at radius 2 is 0.439 bits per heavy atom. The molecular weight excluding hydrogens is 1690 g/mol. The highest BCUT2D eigenvalue weighted by molar-refractivity contribution is 5.74. The quantitative estimate of drug-likeness (QED) is 0.0297. The summed E-state index contributed by atoms with van der Waals surface area (Å²) in [6.45, 7) is -7.45. The Hall–Kier alpha value is -4.00. The molecule has 0 aromatic rings. The molecule has 55 heteroatoms. The summed E-state index contributed by atoms with van der Waals surface area (Å²) in [5.74, 6) is -3.73. The molecule has 0 spiro atoms. The van der Waals surface area contributed by atoms with Gasteiger partial charge in [0.05, 0.1) is 66.1 Å². The zero-order valence-electron chi connectivity index (χ0n) is 65.9. The van der Waals surface area contributed by atoms with Gasteiger partial charge in [-0.3, -0.25) is 19.2 Å². The van der Waals surface area contributed by atoms with Crippen LogP contribution in [0.2, 0.25) is 0 Å². The first-order valence-corrected chi connectivity index (χ1v) is 39.1. The van der Waals surface area contributed by atoms with Crippen molar-refractivity contribution in [2.45, 2.75) is 335 Å². The van der Waals surface area contributed by atoms with Gasteiger partial charge in [-0.1, -0.05) is 0 Å². The summed E-state index contributed by atoms with van der Waals surface area (Å²) in [6.07, 6.45) is -97.1. The van der Waals surface area contributed by atoms with Crippen molar-refractivity contribution in [2.75, 3.05) is 66.1 Å². The minimum atomic E-state index is -2.61. The Balaban J connectivity index is 0.965. The van der Waals surface area contributed by atoms with Crippen molar-refractivity contribution < 1.29 is 252 Å². The zero-order valence-corrected chi connectivity index (χ0v) is 65.9. The fourth-order valence-electron chi connectivity index (χ4n) is 15.9. The number of aliphatic hydroxyl groups excluding tert-OH is 28. The number of carbonyl (C=O) groups is 4. The minimum absolute atomic E-state index is 0.801. The second-order valence-corrected chi connectivity index (χ2v) is 31.0. The van der Waals surface area contributed by atoms with Gasteiger partial charge < -0.3 is 254 Å². The number of hydrogen-bond donors (Lipinski definition) is 32. The van der Waals surface area contributed by atoms with Gasteiger partial charge in [-0.25, -0.2) is 0 Å². The Labute approximate surface area is 695 Å². The van der Waals surface area contributed by atoms with E-state index in [2.05, 4.69) is 21.3 Å². The van der Waals surface area contributed by atoms with Crippen LogP contribution in [0.3, 0.4) is 0 Å². The lowest BCUT2D eigenvalue weighted by Crippen LogP contribution is -2.71. The number of amides is 4. The third-order valence-electron chi connectivity index (χ3n) is 22.5. The molecule has 10 aliphatic heterocycles. The van der Waals surface area contributed by atoms with Crippen LogP contribution in [-0.4, -0.2) is 539 Å². The Bertz CT molecular complexity index is 3310. The molecule has 1 unspecified atom stereocenters. The largest absolute Gasteiger partial charge is 0.394 e. The average Bonchev–Trinajstić information content (AvgIpc) is 0.768. The van der Waals surface area contributed by atoms with Crippen LogP contribution in [0.15, 0.2) is 0 Å². The van der Waals surface area contributed by atoms with Crippen molar-refractivity contribution in [3.8, 4) is 0 Å². The molecule has 50 atom stereocenters. The average molecular weight is 1800 g/mol. The van der Waals surface area contributed by atoms with E-state index >= 15 is 0 Å². The lowest BCUT2D eigenvalue weighted by Gasteiger charge is -2.51. The molecule has 0 aromatic heterocycles. The lowest BCUT2D eigenvalue weighted by molar-refractivity contribution is -0.399. The molecular formula is C68H114N4O51. The molecule has 123 heavy (non-hydrogen) atoms. The molecule has 10 heterocycles. The standard InChI is InChI=1S/C68H114N4O51/c1-15(82)69-29-39(92)51(24(10-78)106-59(29)104)116-60-30(70-16(2)83)40(93)54(26(12-80)112-60)119-66-50(103)56(121-68-58(46(99)36(89)22(8-76)111-68)123-62-32(72-18(4)85)41(94)52(25(11-79)114-62)117-63-47(100)43(96)33(86)19(5-73)107-63)38(91)28(115-66)14-105-67-57(45(98)35(88)21(7-75)110-67)122-61-31(71-17(3)84)42(95)53(27(13-81)113-61)118-65-49(102)55(37(90)23(9-77)109-65)120-64-48(101)44(97)34(87)20(6-74)108-64/h19-68,73-81,86-104H,5-14H2,1-4H3,(H,69,82)(H,70,83)(H,71,84)(H,72,85)/t19-,20-,21-,22-,23-,24-,25-,26-,27-,28-,29-,30-,31-,32-,33+,34+,35-,36-,37+,38-,39-,40-,41-,42-,43+,44+,45+,46+,47-,48-,49-,50+,51-,52-,53-,54-,55+,56+,57+,58+,59?,60+,61+,62+,63+,64+,65+,66+,67+,68-/m1/s1. The van der Waals surface area contributed by atoms with Crippen LogP contribution < -0.4 is 21.3 Å². The van der Waals surface area contributed by atoms with Crippen molar-refractivity contribution in [3.05, 3.63) is 0 Å². The van der Waals surface area contributed by atoms with E-state index < -0.39 is 397 Å². The maximum absolute atomic E-state index is 13.1. The van der Waals surface area contributed by atoms with Crippen LogP contribution in [-0.2, 0) is 109 Å². The number of aliphatic hydroxyl groups is 28. The number of carbonyl (C=O) groups excluding carboxylic acids is 4. The molecule has 0 radical (unpaired) electrons. The number of hydrogen-bond acceptors (Lipinski definition) is 51. The third-order valence-corrected chi connectivity index (χ3v) is 22.5. The summed E-state index contributed by atoms with van der Waals surface area (Å²) in [5, 5.41) is 321. The first-order chi connectivity index (χ1) is 58.2. The maximum atomic E-state index is 13.1. The normalized spacial score (nSPS) is 49.4. The van der Waals surface area contributed by atoms with Crippen LogP contribution in [0.5, 0.6) is 0 Å². The summed E-state index contributed by atoms with van der Waals surface area (Å²) in [4.78, 5) is 51.3. The number of rotatable bonds is 32. The van der Waals surface area contributed by atoms with Crippen molar-refractivity contribution in [1.29, 1.82) is 0 Å². The monoisotopic (exact) mass is 1800 g/mol. The Morgan fingerprint density at radius 3 is 0.780 bits per heavy atom. The predicted molar refractivity (Wildman–Crippen MR) is 376 cm³/mol. The van der Waals surface area contributed by atoms with Crippen LogP contribution in [0.4, 0.5) is 0 Å². The van der Waals surface area contributed by atoms with E-state index in [-0.39, 0.29) is 0 Å². The highest BCUT2D eigenvalue weighted by atomic mass is 16.8. The fraction of sp³-hybridized carbons (Fsp3) is 0.941. The molecule has 55 nitrogen and oxygen atoms in total. The highest BCUT2D eigenvalue weighted by Crippen LogP contribution is 2.41. The summed E-state index contributed by atoms with van der Waals surface area (Å²) in [7, 11) is 0. The summed E-state index contributed by atoms with van der Waals surface area (Å²) >= 11 is 0. The molecule has 0 aliphatic carbocycles. The topological polar surface area (TPSA) is 858 Å². The molecule has 0 bridgehead atoms. The predicted octanol–water partition coefficient (Wildman–Crippen LogP) is -22.2. The molecule has 712 valence electrons. The SMILES string of the molecule is CC(=O)N[C@H]1[C@H](O[C@H]2[C@H](O)[C@@H](NC(C)=O)C(O)O[C@@H]2CO)O[C@H](CO)[C@@H](O[C@@H]2O[C@H](CO[C@H]3O[C@H](CO)[C@@H](O)[C@H](O)[C@@H]3O[C@@H]3O[C@H](CO)[C@@H](O[C@@H]4O[C@H](CO)[C@H](O)[C@H](O[C@@H]5O[C@H](CO)[C@H](O)[C@H](O)[C@H]5O)[C@H]4O)[C@H](O)[C@H]3NC(C)=O)[C@@H](O)[C@H](O[C@H]3O[C@H](CO)[C@@H](O)[C@H](O)[C@@H]3O[C@@H]3O[C@H](CO)[C@@H](O[C@@H]4O[C@H](CO)[C@H](O)[C@H](O)[C@H]4O)[C@H](O)[C@H]3NC(C)=O)[C@@H]2O)[C@@H]1O. The third kappa shape index (κ3) is 22.3. The van der Waals surface area contributed by atoms with Crippen molar-refractivity contribution in [2.24, 2.45) is 0 Å². The molecule has 32 N–H and O–H groups in total. The van der Waals surface area contributed by atoms with E-state index in [4.69, 9.17) is 90.0 Å². The summed E-state index contributed by atoms with van der Waals surface area (Å²) < 4.78 is 112. The van der Waals surface area contributed by atoms with Crippen LogP contribution >= 0.6 is 0 Å². The van der Waals surface area contributed by atoms with E-state index in [1.54, 1.807) is 0 Å². The Kier molecular flexibility index (Phi) is 36.4. The highest BCUT2D eigenvalue weighted by Gasteiger charge is 2.62. The first-order valence-electron chi connectivity index (χ1n) is 39.1. The van der Waals surface area contributed by atoms with E-state index in [0.717, 1.165) is 27.7 Å². The van der Waals surface area contributed by atoms with Gasteiger partial charge in [0.1, 0.15) is 244 Å². The van der Waals surface area contributed by atoms with Crippen molar-refractivity contribution in [3.63, 3.8) is 0 Å². The Morgan fingerprint density at radius 1 is 0.211 bits per heavy atom. The first kappa shape index (κ1) is 101. The van der Waals surface area contributed by atoms with Crippen molar-refractivity contribution in [1.82, 2.24) is 21.3 Å². The van der Waals surface area contributed by atoms with Gasteiger partial charge in [0.25, 0.3) is 0 Å². The molecule has 0 saturated carbocycles. The summed E-state index contributed by atoms with van der Waals surface area (Å²) in [5.41, 5.74) is 0. The van der Waals surface area contributed by atoms with Crippen LogP contribution in [0.1, 0.15) is 27.7 Å². The van der Waals surface area contributed by atoms with E-state index in [0.29, 0.717) is 0 Å². The molecule has 10 saturated heterocycles. The van der Waals surface area contributed by atoms with Crippen LogP contribution in [0, 0.1) is 0 Å². The minimum Gasteiger partial charge on any atom is -0.394 e. The summed E-state index contributed by atoms with van der Waals surface area (Å²) in [6, 6.07) is -7.61.